The molecule has 0 amide bonds. The third-order valence-corrected chi connectivity index (χ3v) is 5.12. The molecule has 0 aromatic rings. The van der Waals surface area contributed by atoms with Crippen LogP contribution in [0.5, 0.6) is 0 Å². The largest absolute Gasteiger partial charge is 0.381 e. The molecule has 0 aliphatic carbocycles. The second-order valence-corrected chi connectivity index (χ2v) is 6.31. The van der Waals surface area contributed by atoms with Gasteiger partial charge in [-0.15, -0.1) is 0 Å². The van der Waals surface area contributed by atoms with Crippen molar-refractivity contribution in [3.05, 3.63) is 0 Å². The van der Waals surface area contributed by atoms with Gasteiger partial charge in [0.2, 0.25) is 0 Å². The molecule has 1 aliphatic rings. The monoisotopic (exact) mass is 221 g/mol. The molecule has 0 bridgehead atoms. The van der Waals surface area contributed by atoms with Crippen molar-refractivity contribution in [1.82, 2.24) is 0 Å². The van der Waals surface area contributed by atoms with Crippen molar-refractivity contribution >= 4 is 9.84 Å². The molecule has 0 saturated carbocycles. The Hall–Kier alpha value is -0.130. The number of hydrogen-bond donors (Lipinski definition) is 1. The van der Waals surface area contributed by atoms with Crippen LogP contribution in [-0.2, 0) is 14.6 Å². The van der Waals surface area contributed by atoms with Crippen LogP contribution >= 0.6 is 0 Å². The lowest BCUT2D eigenvalue weighted by atomic mass is 10.2. The van der Waals surface area contributed by atoms with E-state index in [2.05, 4.69) is 0 Å². The molecule has 1 atom stereocenters. The molecule has 0 aromatic heterocycles. The van der Waals surface area contributed by atoms with Crippen LogP contribution in [0, 0.1) is 5.92 Å². The summed E-state index contributed by atoms with van der Waals surface area (Å²) in [5.74, 6) is 0.275. The fraction of sp³-hybridized carbons (Fsp3) is 1.00. The molecule has 0 radical (unpaired) electrons. The molecular formula is C9H19NO3S. The number of sulfone groups is 1. The molecule has 1 heterocycles. The van der Waals surface area contributed by atoms with Gasteiger partial charge in [0.1, 0.15) is 0 Å². The highest BCUT2D eigenvalue weighted by atomic mass is 32.2. The predicted octanol–water partition coefficient (Wildman–Crippen LogP) is 0.175. The molecular weight excluding hydrogens is 202 g/mol. The van der Waals surface area contributed by atoms with E-state index in [1.54, 1.807) is 0 Å². The van der Waals surface area contributed by atoms with Gasteiger partial charge in [-0.25, -0.2) is 8.42 Å². The lowest BCUT2D eigenvalue weighted by molar-refractivity contribution is 0.0983. The zero-order valence-corrected chi connectivity index (χ0v) is 9.42. The molecule has 1 rings (SSSR count). The van der Waals surface area contributed by atoms with Crippen LogP contribution in [0.1, 0.15) is 19.8 Å². The Morgan fingerprint density at radius 1 is 1.43 bits per heavy atom. The summed E-state index contributed by atoms with van der Waals surface area (Å²) in [5.41, 5.74) is 5.42. The van der Waals surface area contributed by atoms with Crippen molar-refractivity contribution in [2.45, 2.75) is 25.0 Å². The minimum Gasteiger partial charge on any atom is -0.381 e. The summed E-state index contributed by atoms with van der Waals surface area (Å²) in [6, 6.07) is 0. The van der Waals surface area contributed by atoms with Gasteiger partial charge in [0.15, 0.2) is 9.84 Å². The van der Waals surface area contributed by atoms with Crippen molar-refractivity contribution in [1.29, 1.82) is 0 Å². The third kappa shape index (κ3) is 3.22. The van der Waals surface area contributed by atoms with Gasteiger partial charge in [-0.3, -0.25) is 0 Å². The van der Waals surface area contributed by atoms with Gasteiger partial charge >= 0.3 is 0 Å². The highest BCUT2D eigenvalue weighted by Gasteiger charge is 2.28. The topological polar surface area (TPSA) is 69.4 Å². The molecule has 1 fully saturated rings. The van der Waals surface area contributed by atoms with Crippen LogP contribution in [0.2, 0.25) is 0 Å². The summed E-state index contributed by atoms with van der Waals surface area (Å²) in [7, 11) is -2.95. The highest BCUT2D eigenvalue weighted by molar-refractivity contribution is 7.92. The Labute approximate surface area is 85.7 Å². The van der Waals surface area contributed by atoms with Gasteiger partial charge in [0.05, 0.1) is 11.0 Å². The fourth-order valence-electron chi connectivity index (χ4n) is 1.64. The number of rotatable bonds is 4. The molecule has 0 spiro atoms. The number of ether oxygens (including phenoxy) is 1. The van der Waals surface area contributed by atoms with E-state index in [1.807, 2.05) is 6.92 Å². The van der Waals surface area contributed by atoms with Crippen LogP contribution in [0.3, 0.4) is 0 Å². The van der Waals surface area contributed by atoms with Crippen LogP contribution in [0.15, 0.2) is 0 Å². The van der Waals surface area contributed by atoms with Crippen LogP contribution in [0.25, 0.3) is 0 Å². The minimum absolute atomic E-state index is 0.0582. The Morgan fingerprint density at radius 2 is 2.00 bits per heavy atom. The van der Waals surface area contributed by atoms with Crippen molar-refractivity contribution in [3.8, 4) is 0 Å². The van der Waals surface area contributed by atoms with Gasteiger partial charge in [0.25, 0.3) is 0 Å². The van der Waals surface area contributed by atoms with Gasteiger partial charge in [0, 0.05) is 13.2 Å². The maximum absolute atomic E-state index is 11.8. The summed E-state index contributed by atoms with van der Waals surface area (Å²) in [5, 5.41) is -0.203. The van der Waals surface area contributed by atoms with Gasteiger partial charge < -0.3 is 10.5 Å². The molecule has 2 N–H and O–H groups in total. The quantitative estimate of drug-likeness (QED) is 0.735. The standard InChI is InChI=1S/C9H19NO3S/c1-8(6-10)7-14(11,12)9-2-4-13-5-3-9/h8-9H,2-7,10H2,1H3. The summed E-state index contributed by atoms with van der Waals surface area (Å²) in [6.45, 7) is 3.45. The summed E-state index contributed by atoms with van der Waals surface area (Å²) in [4.78, 5) is 0. The SMILES string of the molecule is CC(CN)CS(=O)(=O)C1CCOCC1. The van der Waals surface area contributed by atoms with E-state index in [0.29, 0.717) is 32.6 Å². The smallest absolute Gasteiger partial charge is 0.153 e. The van der Waals surface area contributed by atoms with Crippen molar-refractivity contribution in [2.75, 3.05) is 25.5 Å². The van der Waals surface area contributed by atoms with Crippen LogP contribution < -0.4 is 5.73 Å². The predicted molar refractivity (Wildman–Crippen MR) is 55.8 cm³/mol. The molecule has 1 unspecified atom stereocenters. The lowest BCUT2D eigenvalue weighted by Gasteiger charge is -2.23. The van der Waals surface area contributed by atoms with Crippen LogP contribution in [0.4, 0.5) is 0 Å². The average Bonchev–Trinajstić information content (AvgIpc) is 2.18. The van der Waals surface area contributed by atoms with Crippen molar-refractivity contribution < 1.29 is 13.2 Å². The molecule has 1 aliphatic heterocycles. The molecule has 14 heavy (non-hydrogen) atoms. The molecule has 1 saturated heterocycles. The first-order valence-electron chi connectivity index (χ1n) is 5.05. The zero-order chi connectivity index (χ0) is 10.6. The zero-order valence-electron chi connectivity index (χ0n) is 8.61. The first kappa shape index (κ1) is 11.9. The van der Waals surface area contributed by atoms with Crippen molar-refractivity contribution in [3.63, 3.8) is 0 Å². The fourth-order valence-corrected chi connectivity index (χ4v) is 3.75. The maximum Gasteiger partial charge on any atom is 0.153 e. The number of nitrogens with two attached hydrogens (primary N) is 1. The molecule has 4 nitrogen and oxygen atoms in total. The summed E-state index contributed by atoms with van der Waals surface area (Å²) >= 11 is 0. The summed E-state index contributed by atoms with van der Waals surface area (Å²) < 4.78 is 28.8. The first-order chi connectivity index (χ1) is 6.56. The van der Waals surface area contributed by atoms with E-state index in [9.17, 15) is 8.42 Å². The van der Waals surface area contributed by atoms with Gasteiger partial charge in [-0.05, 0) is 25.3 Å². The molecule has 5 heteroatoms. The second-order valence-electron chi connectivity index (χ2n) is 3.98. The second kappa shape index (κ2) is 5.09. The van der Waals surface area contributed by atoms with E-state index in [1.165, 1.54) is 0 Å². The molecule has 0 aromatic carbocycles. The average molecular weight is 221 g/mol. The number of hydrogen-bond acceptors (Lipinski definition) is 4. The van der Waals surface area contributed by atoms with Crippen LogP contribution in [-0.4, -0.2) is 39.2 Å². The normalized spacial score (nSPS) is 22.1. The first-order valence-corrected chi connectivity index (χ1v) is 6.77. The van der Waals surface area contributed by atoms with E-state index in [4.69, 9.17) is 10.5 Å². The highest BCUT2D eigenvalue weighted by Crippen LogP contribution is 2.18. The van der Waals surface area contributed by atoms with Gasteiger partial charge in [-0.1, -0.05) is 6.92 Å². The Balaban J connectivity index is 2.54. The molecule has 84 valence electrons. The Bertz CT molecular complexity index is 257. The van der Waals surface area contributed by atoms with Crippen molar-refractivity contribution in [2.24, 2.45) is 11.7 Å². The van der Waals surface area contributed by atoms with E-state index >= 15 is 0 Å². The Morgan fingerprint density at radius 3 is 2.50 bits per heavy atom. The van der Waals surface area contributed by atoms with Gasteiger partial charge in [-0.2, -0.15) is 0 Å². The summed E-state index contributed by atoms with van der Waals surface area (Å²) in [6.07, 6.45) is 1.28. The van der Waals surface area contributed by atoms with E-state index < -0.39 is 9.84 Å². The Kier molecular flexibility index (Phi) is 4.34. The maximum atomic E-state index is 11.8. The minimum atomic E-state index is -2.95. The van der Waals surface area contributed by atoms with E-state index in [0.717, 1.165) is 0 Å². The third-order valence-electron chi connectivity index (χ3n) is 2.60. The van der Waals surface area contributed by atoms with E-state index in [-0.39, 0.29) is 16.9 Å². The lowest BCUT2D eigenvalue weighted by Crippen LogP contribution is -2.33.